The highest BCUT2D eigenvalue weighted by molar-refractivity contribution is 8.77. The van der Waals surface area contributed by atoms with E-state index in [2.05, 4.69) is 39.7 Å². The van der Waals surface area contributed by atoms with E-state index in [1.807, 2.05) is 21.6 Å². The molecule has 1 aromatic carbocycles. The molecule has 1 N–H and O–H groups in total. The number of nitrogens with zero attached hydrogens (tertiary/aromatic N) is 3. The van der Waals surface area contributed by atoms with Crippen molar-refractivity contribution in [1.29, 1.82) is 0 Å². The molecule has 0 unspecified atom stereocenters. The summed E-state index contributed by atoms with van der Waals surface area (Å²) < 4.78 is 1.79. The molecule has 1 saturated heterocycles. The van der Waals surface area contributed by atoms with E-state index in [-0.39, 0.29) is 5.91 Å². The van der Waals surface area contributed by atoms with E-state index in [0.29, 0.717) is 19.5 Å². The molecule has 1 aromatic heterocycles. The van der Waals surface area contributed by atoms with Crippen LogP contribution in [0.3, 0.4) is 0 Å². The van der Waals surface area contributed by atoms with Crippen molar-refractivity contribution in [2.24, 2.45) is 0 Å². The lowest BCUT2D eigenvalue weighted by Crippen LogP contribution is -2.22. The third kappa shape index (κ3) is 6.40. The second kappa shape index (κ2) is 9.87. The van der Waals surface area contributed by atoms with Crippen LogP contribution in [0.1, 0.15) is 43.2 Å². The Labute approximate surface area is 156 Å². The van der Waals surface area contributed by atoms with Crippen molar-refractivity contribution in [3.63, 3.8) is 0 Å². The first kappa shape index (κ1) is 18.3. The monoisotopic (exact) mass is 376 g/mol. The van der Waals surface area contributed by atoms with E-state index in [1.165, 1.54) is 30.5 Å². The van der Waals surface area contributed by atoms with Gasteiger partial charge in [0.05, 0.1) is 6.54 Å². The highest BCUT2D eigenvalue weighted by Gasteiger charge is 2.15. The molecule has 7 heteroatoms. The minimum absolute atomic E-state index is 0.153. The van der Waals surface area contributed by atoms with Crippen molar-refractivity contribution in [2.75, 3.05) is 5.75 Å². The van der Waals surface area contributed by atoms with Gasteiger partial charge in [0.2, 0.25) is 5.91 Å². The number of hydrogen-bond donors (Lipinski definition) is 1. The second-order valence-corrected chi connectivity index (χ2v) is 9.05. The number of hydrogen-bond acceptors (Lipinski definition) is 5. The molecule has 0 saturated carbocycles. The summed E-state index contributed by atoms with van der Waals surface area (Å²) in [5.41, 5.74) is 2.29. The van der Waals surface area contributed by atoms with Crippen molar-refractivity contribution in [3.05, 3.63) is 48.0 Å². The summed E-state index contributed by atoms with van der Waals surface area (Å²) in [7, 11) is 4.00. The Hall–Kier alpha value is -1.47. The molecule has 3 rings (SSSR count). The molecule has 1 aliphatic rings. The number of aromatic nitrogens is 3. The second-order valence-electron chi connectivity index (χ2n) is 6.26. The summed E-state index contributed by atoms with van der Waals surface area (Å²) >= 11 is 0. The molecule has 5 nitrogen and oxygen atoms in total. The van der Waals surface area contributed by atoms with E-state index in [4.69, 9.17) is 0 Å². The summed E-state index contributed by atoms with van der Waals surface area (Å²) in [5, 5.41) is 7.93. The third-order valence-electron chi connectivity index (χ3n) is 4.23. The average molecular weight is 377 g/mol. The number of carbonyl (C=O) groups is 1. The first-order valence-electron chi connectivity index (χ1n) is 8.75. The van der Waals surface area contributed by atoms with Crippen LogP contribution in [-0.2, 0) is 17.9 Å². The molecule has 2 aromatic rings. The highest BCUT2D eigenvalue weighted by Crippen LogP contribution is 2.39. The number of amides is 1. The first-order chi connectivity index (χ1) is 12.3. The number of carbonyl (C=O) groups excluding carboxylic acids is 1. The molecular weight excluding hydrogens is 352 g/mol. The van der Waals surface area contributed by atoms with Gasteiger partial charge >= 0.3 is 0 Å². The smallest absolute Gasteiger partial charge is 0.220 e. The van der Waals surface area contributed by atoms with Crippen molar-refractivity contribution < 1.29 is 4.79 Å². The molecule has 1 aliphatic heterocycles. The lowest BCUT2D eigenvalue weighted by Gasteiger charge is -2.08. The Kier molecular flexibility index (Phi) is 7.23. The Morgan fingerprint density at radius 2 is 2.08 bits per heavy atom. The van der Waals surface area contributed by atoms with E-state index in [1.54, 1.807) is 11.0 Å². The van der Waals surface area contributed by atoms with E-state index in [9.17, 15) is 4.79 Å². The fraction of sp³-hybridized carbons (Fsp3) is 0.500. The lowest BCUT2D eigenvalue weighted by molar-refractivity contribution is -0.121. The van der Waals surface area contributed by atoms with Gasteiger partial charge in [-0.1, -0.05) is 52.3 Å². The number of unbranched alkanes of at least 4 members (excludes halogenated alkanes) is 1. The molecule has 1 fully saturated rings. The molecule has 25 heavy (non-hydrogen) atoms. The molecule has 0 bridgehead atoms. The van der Waals surface area contributed by atoms with Gasteiger partial charge in [-0.15, -0.1) is 0 Å². The van der Waals surface area contributed by atoms with Gasteiger partial charge in [0.1, 0.15) is 12.7 Å². The third-order valence-corrected chi connectivity index (χ3v) is 7.24. The first-order valence-corrected chi connectivity index (χ1v) is 11.1. The summed E-state index contributed by atoms with van der Waals surface area (Å²) in [5.74, 6) is 1.44. The molecule has 1 amide bonds. The molecule has 0 spiro atoms. The fourth-order valence-corrected chi connectivity index (χ4v) is 5.80. The van der Waals surface area contributed by atoms with Crippen LogP contribution in [0, 0.1) is 0 Å². The maximum absolute atomic E-state index is 12.0. The molecule has 0 aliphatic carbocycles. The van der Waals surface area contributed by atoms with E-state index in [0.717, 1.165) is 23.7 Å². The normalized spacial score (nSPS) is 16.9. The maximum Gasteiger partial charge on any atom is 0.220 e. The Balaban J connectivity index is 1.31. The van der Waals surface area contributed by atoms with Crippen molar-refractivity contribution in [1.82, 2.24) is 20.1 Å². The number of rotatable bonds is 9. The Morgan fingerprint density at radius 1 is 1.24 bits per heavy atom. The van der Waals surface area contributed by atoms with Crippen LogP contribution in [0.4, 0.5) is 0 Å². The van der Waals surface area contributed by atoms with Gasteiger partial charge < -0.3 is 5.32 Å². The van der Waals surface area contributed by atoms with Gasteiger partial charge in [-0.05, 0) is 30.4 Å². The Bertz CT molecular complexity index is 640. The van der Waals surface area contributed by atoms with Crippen LogP contribution in [0.25, 0.3) is 0 Å². The minimum Gasteiger partial charge on any atom is -0.352 e. The summed E-state index contributed by atoms with van der Waals surface area (Å²) in [6.45, 7) is 1.31. The predicted octanol–water partition coefficient (Wildman–Crippen LogP) is 3.66. The van der Waals surface area contributed by atoms with Crippen molar-refractivity contribution in [2.45, 2.75) is 50.4 Å². The fourth-order valence-electron chi connectivity index (χ4n) is 2.78. The van der Waals surface area contributed by atoms with Crippen LogP contribution in [-0.4, -0.2) is 31.7 Å². The maximum atomic E-state index is 12.0. The Morgan fingerprint density at radius 3 is 2.80 bits per heavy atom. The van der Waals surface area contributed by atoms with Crippen LogP contribution in [0.15, 0.2) is 36.9 Å². The SMILES string of the molecule is O=C(CCCC[C@@H]1CCSS1)NCc1ccc(Cn2cncn2)cc1. The predicted molar refractivity (Wildman–Crippen MR) is 104 cm³/mol. The zero-order valence-electron chi connectivity index (χ0n) is 14.3. The number of benzene rings is 1. The van der Waals surface area contributed by atoms with Gasteiger partial charge in [0, 0.05) is 24.0 Å². The zero-order chi connectivity index (χ0) is 17.3. The van der Waals surface area contributed by atoms with Gasteiger partial charge in [0.15, 0.2) is 0 Å². The van der Waals surface area contributed by atoms with Crippen LogP contribution in [0.2, 0.25) is 0 Å². The molecule has 1 atom stereocenters. The zero-order valence-corrected chi connectivity index (χ0v) is 15.9. The largest absolute Gasteiger partial charge is 0.352 e. The molecule has 134 valence electrons. The van der Waals surface area contributed by atoms with Gasteiger partial charge in [0.25, 0.3) is 0 Å². The van der Waals surface area contributed by atoms with Gasteiger partial charge in [-0.3, -0.25) is 4.79 Å². The minimum atomic E-state index is 0.153. The van der Waals surface area contributed by atoms with E-state index >= 15 is 0 Å². The molecular formula is C18H24N4OS2. The van der Waals surface area contributed by atoms with Crippen LogP contribution in [0.5, 0.6) is 0 Å². The lowest BCUT2D eigenvalue weighted by atomic mass is 10.1. The topological polar surface area (TPSA) is 59.8 Å². The summed E-state index contributed by atoms with van der Waals surface area (Å²) in [4.78, 5) is 15.9. The highest BCUT2D eigenvalue weighted by atomic mass is 33.1. The molecule has 2 heterocycles. The van der Waals surface area contributed by atoms with Crippen molar-refractivity contribution >= 4 is 27.5 Å². The van der Waals surface area contributed by atoms with Crippen LogP contribution < -0.4 is 5.32 Å². The quantitative estimate of drug-likeness (QED) is 0.535. The molecule has 0 radical (unpaired) electrons. The van der Waals surface area contributed by atoms with E-state index < -0.39 is 0 Å². The van der Waals surface area contributed by atoms with Gasteiger partial charge in [-0.25, -0.2) is 9.67 Å². The summed E-state index contributed by atoms with van der Waals surface area (Å²) in [6.07, 6.45) is 8.60. The van der Waals surface area contributed by atoms with Crippen molar-refractivity contribution in [3.8, 4) is 0 Å². The average Bonchev–Trinajstić information content (AvgIpc) is 3.32. The number of nitrogens with one attached hydrogen (secondary N) is 1. The summed E-state index contributed by atoms with van der Waals surface area (Å²) in [6, 6.07) is 8.25. The van der Waals surface area contributed by atoms with Crippen LogP contribution >= 0.6 is 21.6 Å². The van der Waals surface area contributed by atoms with Gasteiger partial charge in [-0.2, -0.15) is 5.10 Å². The standard InChI is InChI=1S/C18H24N4OS2/c23-18(4-2-1-3-17-9-10-24-25-17)20-11-15-5-7-16(8-6-15)12-22-14-19-13-21-22/h5-8,13-14,17H,1-4,9-12H2,(H,20,23)/t17-/m1/s1.